The van der Waals surface area contributed by atoms with Crippen LogP contribution in [0.5, 0.6) is 5.88 Å². The molecule has 0 saturated heterocycles. The molecule has 0 radical (unpaired) electrons. The van der Waals surface area contributed by atoms with Crippen LogP contribution in [-0.2, 0) is 6.54 Å². The lowest BCUT2D eigenvalue weighted by Crippen LogP contribution is -2.18. The molecule has 2 aromatic rings. The van der Waals surface area contributed by atoms with Crippen molar-refractivity contribution in [2.75, 3.05) is 13.4 Å². The van der Waals surface area contributed by atoms with E-state index in [0.717, 1.165) is 12.1 Å². The van der Waals surface area contributed by atoms with Crippen LogP contribution in [-0.4, -0.2) is 18.3 Å². The summed E-state index contributed by atoms with van der Waals surface area (Å²) >= 11 is 1.76. The molecule has 1 aromatic carbocycles. The van der Waals surface area contributed by atoms with Gasteiger partial charge in [-0.3, -0.25) is 0 Å². The number of benzene rings is 1. The van der Waals surface area contributed by atoms with Gasteiger partial charge >= 0.3 is 0 Å². The number of nitrogens with one attached hydrogen (secondary N) is 1. The molecule has 4 heteroatoms. The van der Waals surface area contributed by atoms with Crippen molar-refractivity contribution in [2.24, 2.45) is 0 Å². The van der Waals surface area contributed by atoms with E-state index in [1.807, 2.05) is 12.1 Å². The van der Waals surface area contributed by atoms with Gasteiger partial charge in [0.2, 0.25) is 5.88 Å². The number of hydrogen-bond donors (Lipinski definition) is 1. The Labute approximate surface area is 124 Å². The van der Waals surface area contributed by atoms with Crippen molar-refractivity contribution < 1.29 is 4.74 Å². The molecule has 0 fully saturated rings. The van der Waals surface area contributed by atoms with Gasteiger partial charge in [-0.05, 0) is 36.9 Å². The number of ether oxygens (including phenoxy) is 1. The van der Waals surface area contributed by atoms with Gasteiger partial charge in [0.05, 0.1) is 7.11 Å². The van der Waals surface area contributed by atoms with Crippen LogP contribution in [0.1, 0.15) is 24.1 Å². The molecule has 106 valence electrons. The summed E-state index contributed by atoms with van der Waals surface area (Å²) in [5.41, 5.74) is 2.35. The quantitative estimate of drug-likeness (QED) is 0.823. The number of methoxy groups -OCH3 is 1. The summed E-state index contributed by atoms with van der Waals surface area (Å²) in [6.07, 6.45) is 3.83. The van der Waals surface area contributed by atoms with Crippen molar-refractivity contribution in [3.63, 3.8) is 0 Å². The van der Waals surface area contributed by atoms with Gasteiger partial charge in [-0.25, -0.2) is 4.98 Å². The van der Waals surface area contributed by atoms with Crippen molar-refractivity contribution in [1.29, 1.82) is 0 Å². The average Bonchev–Trinajstić information content (AvgIpc) is 2.53. The van der Waals surface area contributed by atoms with Crippen LogP contribution in [0.25, 0.3) is 0 Å². The van der Waals surface area contributed by atoms with Crippen LogP contribution in [0.2, 0.25) is 0 Å². The zero-order valence-electron chi connectivity index (χ0n) is 12.1. The van der Waals surface area contributed by atoms with Crippen molar-refractivity contribution in [3.05, 3.63) is 53.7 Å². The molecule has 0 saturated carbocycles. The Hall–Kier alpha value is -1.52. The highest BCUT2D eigenvalue weighted by Gasteiger charge is 2.07. The van der Waals surface area contributed by atoms with Crippen molar-refractivity contribution in [1.82, 2.24) is 10.3 Å². The molecule has 1 N–H and O–H groups in total. The molecule has 0 bridgehead atoms. The van der Waals surface area contributed by atoms with Gasteiger partial charge in [0.25, 0.3) is 0 Å². The standard InChI is InChI=1S/C16H20N2OS/c1-12(13-6-8-15(20-3)9-7-13)18-11-14-5-4-10-17-16(14)19-2/h4-10,12,18H,11H2,1-3H3. The Kier molecular flexibility index (Phi) is 5.44. The van der Waals surface area contributed by atoms with E-state index in [-0.39, 0.29) is 6.04 Å². The minimum Gasteiger partial charge on any atom is -0.481 e. The number of hydrogen-bond acceptors (Lipinski definition) is 4. The molecule has 0 aliphatic carbocycles. The van der Waals surface area contributed by atoms with Crippen molar-refractivity contribution in [2.45, 2.75) is 24.4 Å². The van der Waals surface area contributed by atoms with E-state index in [1.165, 1.54) is 10.5 Å². The number of pyridine rings is 1. The first-order valence-corrected chi connectivity index (χ1v) is 7.82. The minimum atomic E-state index is 0.288. The molecule has 0 aliphatic rings. The molecule has 0 aliphatic heterocycles. The Morgan fingerprint density at radius 1 is 1.25 bits per heavy atom. The second kappa shape index (κ2) is 7.31. The summed E-state index contributed by atoms with van der Waals surface area (Å²) in [7, 11) is 1.65. The molecule has 0 amide bonds. The fraction of sp³-hybridized carbons (Fsp3) is 0.312. The van der Waals surface area contributed by atoms with Crippen molar-refractivity contribution in [3.8, 4) is 5.88 Å². The molecule has 0 spiro atoms. The molecule has 1 atom stereocenters. The van der Waals surface area contributed by atoms with E-state index < -0.39 is 0 Å². The summed E-state index contributed by atoms with van der Waals surface area (Å²) in [6.45, 7) is 2.90. The third-order valence-corrected chi connectivity index (χ3v) is 4.00. The first-order chi connectivity index (χ1) is 9.74. The molecule has 1 aromatic heterocycles. The van der Waals surface area contributed by atoms with Gasteiger partial charge in [0.15, 0.2) is 0 Å². The lowest BCUT2D eigenvalue weighted by atomic mass is 10.1. The summed E-state index contributed by atoms with van der Waals surface area (Å²) in [4.78, 5) is 5.49. The van der Waals surface area contributed by atoms with Gasteiger partial charge in [-0.2, -0.15) is 0 Å². The van der Waals surface area contributed by atoms with E-state index in [4.69, 9.17) is 4.74 Å². The number of nitrogens with zero attached hydrogens (tertiary/aromatic N) is 1. The lowest BCUT2D eigenvalue weighted by Gasteiger charge is -2.15. The van der Waals surface area contributed by atoms with E-state index in [2.05, 4.69) is 47.7 Å². The fourth-order valence-corrected chi connectivity index (χ4v) is 2.42. The topological polar surface area (TPSA) is 34.1 Å². The van der Waals surface area contributed by atoms with Crippen LogP contribution < -0.4 is 10.1 Å². The van der Waals surface area contributed by atoms with E-state index in [0.29, 0.717) is 5.88 Å². The largest absolute Gasteiger partial charge is 0.481 e. The van der Waals surface area contributed by atoms with E-state index in [1.54, 1.807) is 25.1 Å². The zero-order chi connectivity index (χ0) is 14.4. The number of thioether (sulfide) groups is 1. The molecule has 1 heterocycles. The third-order valence-electron chi connectivity index (χ3n) is 3.26. The third kappa shape index (κ3) is 3.74. The predicted molar refractivity (Wildman–Crippen MR) is 84.3 cm³/mol. The summed E-state index contributed by atoms with van der Waals surface area (Å²) in [5, 5.41) is 3.50. The Morgan fingerprint density at radius 2 is 2.00 bits per heavy atom. The highest BCUT2D eigenvalue weighted by atomic mass is 32.2. The second-order valence-corrected chi connectivity index (χ2v) is 5.43. The summed E-state index contributed by atoms with van der Waals surface area (Å²) in [5.74, 6) is 0.685. The van der Waals surface area contributed by atoms with Crippen LogP contribution >= 0.6 is 11.8 Å². The Bertz CT molecular complexity index is 542. The van der Waals surface area contributed by atoms with E-state index >= 15 is 0 Å². The Balaban J connectivity index is 1.98. The Morgan fingerprint density at radius 3 is 2.65 bits per heavy atom. The van der Waals surface area contributed by atoms with Crippen molar-refractivity contribution >= 4 is 11.8 Å². The first kappa shape index (κ1) is 14.9. The zero-order valence-corrected chi connectivity index (χ0v) is 12.9. The predicted octanol–water partition coefficient (Wildman–Crippen LogP) is 3.66. The van der Waals surface area contributed by atoms with Crippen LogP contribution in [0.3, 0.4) is 0 Å². The summed E-state index contributed by atoms with van der Waals surface area (Å²) in [6, 6.07) is 12.9. The molecule has 3 nitrogen and oxygen atoms in total. The maximum Gasteiger partial charge on any atom is 0.217 e. The highest BCUT2D eigenvalue weighted by molar-refractivity contribution is 7.98. The van der Waals surface area contributed by atoms with Gasteiger partial charge in [0.1, 0.15) is 0 Å². The molecular weight excluding hydrogens is 268 g/mol. The maximum absolute atomic E-state index is 5.26. The highest BCUT2D eigenvalue weighted by Crippen LogP contribution is 2.20. The molecule has 1 unspecified atom stereocenters. The van der Waals surface area contributed by atoms with Gasteiger partial charge in [-0.15, -0.1) is 11.8 Å². The smallest absolute Gasteiger partial charge is 0.217 e. The molecular formula is C16H20N2OS. The monoisotopic (exact) mass is 288 g/mol. The van der Waals surface area contributed by atoms with E-state index in [9.17, 15) is 0 Å². The first-order valence-electron chi connectivity index (χ1n) is 6.60. The lowest BCUT2D eigenvalue weighted by molar-refractivity contribution is 0.389. The van der Waals surface area contributed by atoms with Gasteiger partial charge in [0, 0.05) is 29.2 Å². The average molecular weight is 288 g/mol. The van der Waals surface area contributed by atoms with Crippen LogP contribution in [0.4, 0.5) is 0 Å². The van der Waals surface area contributed by atoms with Gasteiger partial charge in [-0.1, -0.05) is 18.2 Å². The number of rotatable bonds is 6. The molecule has 2 rings (SSSR count). The minimum absolute atomic E-state index is 0.288. The normalized spacial score (nSPS) is 12.2. The van der Waals surface area contributed by atoms with Gasteiger partial charge < -0.3 is 10.1 Å². The van der Waals surface area contributed by atoms with Crippen LogP contribution in [0, 0.1) is 0 Å². The SMILES string of the molecule is COc1ncccc1CNC(C)c1ccc(SC)cc1. The fourth-order valence-electron chi connectivity index (χ4n) is 2.02. The van der Waals surface area contributed by atoms with Crippen LogP contribution in [0.15, 0.2) is 47.5 Å². The number of aromatic nitrogens is 1. The second-order valence-electron chi connectivity index (χ2n) is 4.55. The maximum atomic E-state index is 5.26. The summed E-state index contributed by atoms with van der Waals surface area (Å²) < 4.78 is 5.26. The molecule has 20 heavy (non-hydrogen) atoms.